The van der Waals surface area contributed by atoms with Crippen LogP contribution in [-0.4, -0.2) is 30.5 Å². The molecule has 10 heteroatoms. The Balaban J connectivity index is 2.11. The number of carbonyl (C=O) groups is 1. The molecular weight excluding hydrogens is 406 g/mol. The van der Waals surface area contributed by atoms with Crippen molar-refractivity contribution in [2.45, 2.75) is 18.5 Å². The highest BCUT2D eigenvalue weighted by atomic mass is 19.4. The molecule has 0 aromatic heterocycles. The van der Waals surface area contributed by atoms with Gasteiger partial charge < -0.3 is 14.6 Å². The number of rotatable bonds is 3. The zero-order valence-corrected chi connectivity index (χ0v) is 14.6. The van der Waals surface area contributed by atoms with E-state index in [0.717, 1.165) is 24.3 Å². The van der Waals surface area contributed by atoms with Gasteiger partial charge in [-0.05, 0) is 29.8 Å². The van der Waals surface area contributed by atoms with Crippen molar-refractivity contribution in [3.8, 4) is 22.6 Å². The lowest BCUT2D eigenvalue weighted by Crippen LogP contribution is -2.40. The first-order valence-corrected chi connectivity index (χ1v) is 7.99. The molecule has 1 unspecified atom stereocenters. The van der Waals surface area contributed by atoms with Gasteiger partial charge in [-0.25, -0.2) is 4.79 Å². The smallest absolute Gasteiger partial charge is 0.430 e. The highest BCUT2D eigenvalue weighted by Crippen LogP contribution is 2.43. The van der Waals surface area contributed by atoms with E-state index in [-0.39, 0.29) is 22.6 Å². The van der Waals surface area contributed by atoms with Crippen molar-refractivity contribution in [2.24, 2.45) is 0 Å². The van der Waals surface area contributed by atoms with E-state index in [1.807, 2.05) is 0 Å². The third-order valence-corrected chi connectivity index (χ3v) is 4.24. The van der Waals surface area contributed by atoms with E-state index in [1.54, 1.807) is 0 Å². The Morgan fingerprint density at radius 1 is 1.07 bits per heavy atom. The molecule has 1 atom stereocenters. The van der Waals surface area contributed by atoms with E-state index >= 15 is 0 Å². The zero-order chi connectivity index (χ0) is 21.6. The van der Waals surface area contributed by atoms with Gasteiger partial charge in [0.25, 0.3) is 0 Å². The highest BCUT2D eigenvalue weighted by molar-refractivity contribution is 5.95. The fourth-order valence-electron chi connectivity index (χ4n) is 2.88. The first-order valence-electron chi connectivity index (χ1n) is 7.99. The maximum absolute atomic E-state index is 13.2. The Morgan fingerprint density at radius 3 is 2.17 bits per heavy atom. The molecule has 3 rings (SSSR count). The molecule has 2 aromatic carbocycles. The van der Waals surface area contributed by atoms with Gasteiger partial charge in [-0.2, -0.15) is 26.3 Å². The van der Waals surface area contributed by atoms with Gasteiger partial charge in [-0.3, -0.25) is 0 Å². The first kappa shape index (κ1) is 20.6. The number of fused-ring (bicyclic) bond motifs is 1. The van der Waals surface area contributed by atoms with Gasteiger partial charge in [-0.15, -0.1) is 0 Å². The molecule has 0 amide bonds. The molecule has 154 valence electrons. The number of alkyl halides is 6. The summed E-state index contributed by atoms with van der Waals surface area (Å²) in [6, 6.07) is 6.49. The molecule has 0 bridgehead atoms. The van der Waals surface area contributed by atoms with Crippen LogP contribution in [0.1, 0.15) is 11.1 Å². The van der Waals surface area contributed by atoms with Gasteiger partial charge in [0.1, 0.15) is 11.5 Å². The number of hydrogen-bond donors (Lipinski definition) is 1. The monoisotopic (exact) mass is 418 g/mol. The van der Waals surface area contributed by atoms with E-state index in [1.165, 1.54) is 25.3 Å². The number of hydrogen-bond acceptors (Lipinski definition) is 3. The van der Waals surface area contributed by atoms with E-state index < -0.39 is 35.6 Å². The standard InChI is InChI=1S/C19H12F6O4/c1-28-15-8-14-10(7-13(17(26)27)16(29-14)19(23,24)25)6-12(15)9-2-4-11(5-3-9)18(20,21)22/h2-8,16H,1H3,(H,26,27). The SMILES string of the molecule is COc1cc2c(cc1-c1ccc(C(F)(F)F)cc1)C=C(C(=O)O)C(C(F)(F)F)O2. The number of halogens is 6. The molecule has 2 aromatic rings. The Kier molecular flexibility index (Phi) is 4.97. The fraction of sp³-hybridized carbons (Fsp3) is 0.211. The van der Waals surface area contributed by atoms with Crippen molar-refractivity contribution in [1.29, 1.82) is 0 Å². The Labute approximate surface area is 160 Å². The number of ether oxygens (including phenoxy) is 2. The highest BCUT2D eigenvalue weighted by Gasteiger charge is 2.48. The normalized spacial score (nSPS) is 16.5. The van der Waals surface area contributed by atoms with E-state index in [9.17, 15) is 31.1 Å². The summed E-state index contributed by atoms with van der Waals surface area (Å²) >= 11 is 0. The molecule has 0 aliphatic carbocycles. The van der Waals surface area contributed by atoms with Crippen LogP contribution >= 0.6 is 0 Å². The van der Waals surface area contributed by atoms with Crippen molar-refractivity contribution >= 4 is 12.0 Å². The van der Waals surface area contributed by atoms with Gasteiger partial charge in [0, 0.05) is 17.2 Å². The molecule has 29 heavy (non-hydrogen) atoms. The van der Waals surface area contributed by atoms with Crippen LogP contribution in [-0.2, 0) is 11.0 Å². The maximum Gasteiger partial charge on any atom is 0.430 e. The van der Waals surface area contributed by atoms with Crippen molar-refractivity contribution in [3.63, 3.8) is 0 Å². The second-order valence-electron chi connectivity index (χ2n) is 6.11. The molecule has 0 saturated carbocycles. The Bertz CT molecular complexity index is 974. The van der Waals surface area contributed by atoms with Crippen LogP contribution in [0, 0.1) is 0 Å². The van der Waals surface area contributed by atoms with E-state index in [2.05, 4.69) is 0 Å². The molecule has 1 aliphatic rings. The number of carboxylic acid groups (broad SMARTS) is 1. The molecule has 4 nitrogen and oxygen atoms in total. The second kappa shape index (κ2) is 7.02. The van der Waals surface area contributed by atoms with Crippen LogP contribution in [0.5, 0.6) is 11.5 Å². The summed E-state index contributed by atoms with van der Waals surface area (Å²) in [5.41, 5.74) is -1.30. The molecule has 1 aliphatic heterocycles. The summed E-state index contributed by atoms with van der Waals surface area (Å²) in [5, 5.41) is 9.11. The second-order valence-corrected chi connectivity index (χ2v) is 6.11. The Hall–Kier alpha value is -3.17. The van der Waals surface area contributed by atoms with Crippen LogP contribution in [0.3, 0.4) is 0 Å². The minimum Gasteiger partial charge on any atom is -0.496 e. The summed E-state index contributed by atoms with van der Waals surface area (Å²) in [4.78, 5) is 11.3. The molecule has 1 N–H and O–H groups in total. The van der Waals surface area contributed by atoms with Crippen LogP contribution in [0.4, 0.5) is 26.3 Å². The lowest BCUT2D eigenvalue weighted by atomic mass is 9.96. The van der Waals surface area contributed by atoms with Crippen LogP contribution in [0.15, 0.2) is 42.0 Å². The number of carboxylic acids is 1. The topological polar surface area (TPSA) is 55.8 Å². The fourth-order valence-corrected chi connectivity index (χ4v) is 2.88. The third kappa shape index (κ3) is 4.01. The summed E-state index contributed by atoms with van der Waals surface area (Å²) in [5.74, 6) is -2.01. The van der Waals surface area contributed by atoms with Crippen molar-refractivity contribution < 1.29 is 45.7 Å². The molecule has 0 fully saturated rings. The van der Waals surface area contributed by atoms with Crippen LogP contribution < -0.4 is 9.47 Å². The number of benzene rings is 2. The van der Waals surface area contributed by atoms with Gasteiger partial charge >= 0.3 is 18.3 Å². The predicted molar refractivity (Wildman–Crippen MR) is 89.5 cm³/mol. The molecular formula is C19H12F6O4. The average Bonchev–Trinajstić information content (AvgIpc) is 2.64. The van der Waals surface area contributed by atoms with E-state index in [0.29, 0.717) is 5.56 Å². The summed E-state index contributed by atoms with van der Waals surface area (Å²) in [6.07, 6.45) is -11.3. The van der Waals surface area contributed by atoms with Crippen LogP contribution in [0.25, 0.3) is 17.2 Å². The summed E-state index contributed by atoms with van der Waals surface area (Å²) in [6.45, 7) is 0. The number of methoxy groups -OCH3 is 1. The molecule has 0 radical (unpaired) electrons. The quantitative estimate of drug-likeness (QED) is 0.699. The average molecular weight is 418 g/mol. The molecule has 1 heterocycles. The summed E-state index contributed by atoms with van der Waals surface area (Å²) < 4.78 is 87.7. The largest absolute Gasteiger partial charge is 0.496 e. The van der Waals surface area contributed by atoms with Gasteiger partial charge in [-0.1, -0.05) is 12.1 Å². The zero-order valence-electron chi connectivity index (χ0n) is 14.6. The Morgan fingerprint density at radius 2 is 1.69 bits per heavy atom. The predicted octanol–water partition coefficient (Wildman–Crippen LogP) is 5.17. The minimum absolute atomic E-state index is 0.0265. The lowest BCUT2D eigenvalue weighted by Gasteiger charge is -2.27. The third-order valence-electron chi connectivity index (χ3n) is 4.24. The van der Waals surface area contributed by atoms with Crippen molar-refractivity contribution in [1.82, 2.24) is 0 Å². The minimum atomic E-state index is -4.96. The first-order chi connectivity index (χ1) is 13.4. The van der Waals surface area contributed by atoms with Crippen LogP contribution in [0.2, 0.25) is 0 Å². The maximum atomic E-state index is 13.2. The van der Waals surface area contributed by atoms with E-state index in [4.69, 9.17) is 14.6 Å². The van der Waals surface area contributed by atoms with Gasteiger partial charge in [0.05, 0.1) is 18.2 Å². The lowest BCUT2D eigenvalue weighted by molar-refractivity contribution is -0.187. The van der Waals surface area contributed by atoms with Crippen molar-refractivity contribution in [2.75, 3.05) is 7.11 Å². The van der Waals surface area contributed by atoms with Crippen molar-refractivity contribution in [3.05, 3.63) is 53.1 Å². The van der Waals surface area contributed by atoms with Gasteiger partial charge in [0.15, 0.2) is 0 Å². The van der Waals surface area contributed by atoms with Gasteiger partial charge in [0.2, 0.25) is 6.10 Å². The summed E-state index contributed by atoms with van der Waals surface area (Å²) in [7, 11) is 1.23. The molecule has 0 saturated heterocycles. The number of aliphatic carboxylic acids is 1. The molecule has 0 spiro atoms.